The summed E-state index contributed by atoms with van der Waals surface area (Å²) in [6, 6.07) is 23.6. The van der Waals surface area contributed by atoms with Gasteiger partial charge in [0.25, 0.3) is 0 Å². The molecule has 4 rings (SSSR count). The molecule has 0 spiro atoms. The van der Waals surface area contributed by atoms with Crippen molar-refractivity contribution in [1.82, 2.24) is 4.98 Å². The van der Waals surface area contributed by atoms with Crippen LogP contribution in [-0.4, -0.2) is 24.5 Å². The van der Waals surface area contributed by atoms with Gasteiger partial charge in [-0.05, 0) is 55.6 Å². The SMILES string of the molecule is CCOP(=O)(CN(c1ccc2ccccc2n1)c1cccc2cc(N)ccc12)OCC. The van der Waals surface area contributed by atoms with E-state index in [-0.39, 0.29) is 6.29 Å². The molecule has 2 N–H and O–H groups in total. The summed E-state index contributed by atoms with van der Waals surface area (Å²) in [7, 11) is -3.39. The molecule has 0 atom stereocenters. The van der Waals surface area contributed by atoms with E-state index < -0.39 is 7.60 Å². The van der Waals surface area contributed by atoms with E-state index in [0.717, 1.165) is 27.4 Å². The fourth-order valence-electron chi connectivity index (χ4n) is 3.68. The molecule has 4 aromatic rings. The van der Waals surface area contributed by atoms with Crippen molar-refractivity contribution in [2.24, 2.45) is 0 Å². The third-order valence-electron chi connectivity index (χ3n) is 5.00. The highest BCUT2D eigenvalue weighted by Gasteiger charge is 2.30. The lowest BCUT2D eigenvalue weighted by Gasteiger charge is -2.29. The Bertz CT molecular complexity index is 1250. The highest BCUT2D eigenvalue weighted by molar-refractivity contribution is 7.54. The van der Waals surface area contributed by atoms with Crippen molar-refractivity contribution in [2.75, 3.05) is 30.1 Å². The molecule has 0 radical (unpaired) electrons. The molecule has 1 heterocycles. The number of nitrogens with two attached hydrogens (primary N) is 1. The largest absolute Gasteiger partial charge is 0.399 e. The molecule has 0 saturated carbocycles. The molecule has 0 unspecified atom stereocenters. The highest BCUT2D eigenvalue weighted by atomic mass is 31.2. The first-order valence-electron chi connectivity index (χ1n) is 10.3. The Kier molecular flexibility index (Phi) is 6.23. The van der Waals surface area contributed by atoms with Crippen LogP contribution in [0.3, 0.4) is 0 Å². The molecule has 0 aliphatic carbocycles. The minimum atomic E-state index is -3.39. The normalized spacial score (nSPS) is 11.8. The Morgan fingerprint density at radius 1 is 0.903 bits per heavy atom. The summed E-state index contributed by atoms with van der Waals surface area (Å²) in [4.78, 5) is 6.76. The molecule has 0 saturated heterocycles. The first kappa shape index (κ1) is 21.3. The molecule has 160 valence electrons. The second-order valence-electron chi connectivity index (χ2n) is 7.14. The zero-order valence-corrected chi connectivity index (χ0v) is 18.6. The van der Waals surface area contributed by atoms with Crippen molar-refractivity contribution >= 4 is 46.5 Å². The maximum atomic E-state index is 13.5. The molecule has 0 aliphatic heterocycles. The van der Waals surface area contributed by atoms with Gasteiger partial charge in [-0.25, -0.2) is 4.98 Å². The van der Waals surface area contributed by atoms with E-state index in [4.69, 9.17) is 19.8 Å². The van der Waals surface area contributed by atoms with Crippen LogP contribution < -0.4 is 10.6 Å². The molecule has 31 heavy (non-hydrogen) atoms. The number of fused-ring (bicyclic) bond motifs is 2. The van der Waals surface area contributed by atoms with Gasteiger partial charge in [0.2, 0.25) is 0 Å². The van der Waals surface area contributed by atoms with Gasteiger partial charge in [-0.3, -0.25) is 4.57 Å². The summed E-state index contributed by atoms with van der Waals surface area (Å²) in [6.07, 6.45) is 0.0451. The van der Waals surface area contributed by atoms with Gasteiger partial charge in [0.1, 0.15) is 12.1 Å². The number of nitrogen functional groups attached to an aromatic ring is 1. The average molecular weight is 435 g/mol. The minimum absolute atomic E-state index is 0.0451. The second kappa shape index (κ2) is 9.06. The van der Waals surface area contributed by atoms with Gasteiger partial charge in [0.05, 0.1) is 24.4 Å². The van der Waals surface area contributed by atoms with Crippen LogP contribution >= 0.6 is 7.60 Å². The van der Waals surface area contributed by atoms with Gasteiger partial charge in [-0.1, -0.05) is 36.4 Å². The quantitative estimate of drug-likeness (QED) is 0.257. The van der Waals surface area contributed by atoms with E-state index >= 15 is 0 Å². The number of rotatable bonds is 8. The minimum Gasteiger partial charge on any atom is -0.399 e. The first-order chi connectivity index (χ1) is 15.0. The Hall–Kier alpha value is -2.92. The second-order valence-corrected chi connectivity index (χ2v) is 9.16. The predicted octanol–water partition coefficient (Wildman–Crippen LogP) is 6.33. The molecular formula is C24H26N3O3P. The molecule has 0 bridgehead atoms. The number of benzene rings is 3. The highest BCUT2D eigenvalue weighted by Crippen LogP contribution is 2.51. The van der Waals surface area contributed by atoms with E-state index in [1.165, 1.54) is 0 Å². The molecule has 0 aliphatic rings. The summed E-state index contributed by atoms with van der Waals surface area (Å²) in [6.45, 7) is 4.21. The summed E-state index contributed by atoms with van der Waals surface area (Å²) < 4.78 is 24.7. The van der Waals surface area contributed by atoms with Crippen LogP contribution in [0.25, 0.3) is 21.7 Å². The summed E-state index contributed by atoms with van der Waals surface area (Å²) in [5.74, 6) is 0.669. The third-order valence-corrected chi connectivity index (χ3v) is 6.93. The van der Waals surface area contributed by atoms with Gasteiger partial charge >= 0.3 is 7.60 Å². The maximum Gasteiger partial charge on any atom is 0.350 e. The summed E-state index contributed by atoms with van der Waals surface area (Å²) in [5, 5.41) is 3.01. The van der Waals surface area contributed by atoms with Gasteiger partial charge < -0.3 is 19.7 Å². The van der Waals surface area contributed by atoms with Gasteiger partial charge in [-0.2, -0.15) is 0 Å². The zero-order chi connectivity index (χ0) is 21.8. The monoisotopic (exact) mass is 435 g/mol. The lowest BCUT2D eigenvalue weighted by Crippen LogP contribution is -2.22. The predicted molar refractivity (Wildman–Crippen MR) is 128 cm³/mol. The standard InChI is InChI=1S/C24H26N3O3P/c1-3-29-31(28,30-4-2)17-27(24-15-12-18-8-5-6-10-22(18)26-24)23-11-7-9-19-16-20(25)13-14-21(19)23/h5-16H,3-4,17,25H2,1-2H3. The number of nitrogens with zero attached hydrogens (tertiary/aromatic N) is 2. The van der Waals surface area contributed by atoms with Crippen molar-refractivity contribution in [3.63, 3.8) is 0 Å². The van der Waals surface area contributed by atoms with Gasteiger partial charge in [0, 0.05) is 16.5 Å². The molecule has 0 fully saturated rings. The molecule has 0 amide bonds. The number of hydrogen-bond donors (Lipinski definition) is 1. The van der Waals surface area contributed by atoms with Crippen LogP contribution in [0, 0.1) is 0 Å². The Balaban J connectivity index is 1.89. The number of pyridine rings is 1. The van der Waals surface area contributed by atoms with Crippen molar-refractivity contribution in [2.45, 2.75) is 13.8 Å². The van der Waals surface area contributed by atoms with E-state index in [0.29, 0.717) is 24.7 Å². The Labute approximate surface area is 182 Å². The van der Waals surface area contributed by atoms with Crippen LogP contribution in [-0.2, 0) is 13.6 Å². The maximum absolute atomic E-state index is 13.5. The Morgan fingerprint density at radius 3 is 2.42 bits per heavy atom. The third kappa shape index (κ3) is 4.57. The number of aromatic nitrogens is 1. The van der Waals surface area contributed by atoms with E-state index in [1.807, 2.05) is 91.5 Å². The molecular weight excluding hydrogens is 409 g/mol. The van der Waals surface area contributed by atoms with Crippen LogP contribution in [0.2, 0.25) is 0 Å². The number of anilines is 3. The topological polar surface area (TPSA) is 77.7 Å². The fraction of sp³-hybridized carbons (Fsp3) is 0.208. The molecule has 1 aromatic heterocycles. The Morgan fingerprint density at radius 2 is 1.65 bits per heavy atom. The lowest BCUT2D eigenvalue weighted by atomic mass is 10.1. The van der Waals surface area contributed by atoms with Crippen molar-refractivity contribution in [3.8, 4) is 0 Å². The van der Waals surface area contributed by atoms with E-state index in [9.17, 15) is 4.57 Å². The van der Waals surface area contributed by atoms with Crippen LogP contribution in [0.15, 0.2) is 72.8 Å². The average Bonchev–Trinajstić information content (AvgIpc) is 2.77. The van der Waals surface area contributed by atoms with E-state index in [2.05, 4.69) is 0 Å². The summed E-state index contributed by atoms with van der Waals surface area (Å²) >= 11 is 0. The number of para-hydroxylation sites is 1. The van der Waals surface area contributed by atoms with Crippen LogP contribution in [0.1, 0.15) is 13.8 Å². The van der Waals surface area contributed by atoms with Crippen molar-refractivity contribution in [3.05, 3.63) is 72.8 Å². The van der Waals surface area contributed by atoms with Crippen molar-refractivity contribution in [1.29, 1.82) is 0 Å². The van der Waals surface area contributed by atoms with Gasteiger partial charge in [-0.15, -0.1) is 0 Å². The summed E-state index contributed by atoms with van der Waals surface area (Å²) in [5.41, 5.74) is 8.40. The van der Waals surface area contributed by atoms with Gasteiger partial charge in [0.15, 0.2) is 0 Å². The fourth-order valence-corrected chi connectivity index (χ4v) is 5.35. The van der Waals surface area contributed by atoms with E-state index in [1.54, 1.807) is 0 Å². The number of hydrogen-bond acceptors (Lipinski definition) is 6. The molecule has 7 heteroatoms. The first-order valence-corrected chi connectivity index (χ1v) is 12.1. The zero-order valence-electron chi connectivity index (χ0n) is 17.7. The lowest BCUT2D eigenvalue weighted by molar-refractivity contribution is 0.220. The smallest absolute Gasteiger partial charge is 0.350 e. The van der Waals surface area contributed by atoms with Crippen LogP contribution in [0.4, 0.5) is 17.2 Å². The molecule has 3 aromatic carbocycles. The van der Waals surface area contributed by atoms with Crippen LogP contribution in [0.5, 0.6) is 0 Å². The van der Waals surface area contributed by atoms with Crippen molar-refractivity contribution < 1.29 is 13.6 Å². The molecule has 6 nitrogen and oxygen atoms in total.